The molecule has 0 aromatic carbocycles. The van der Waals surface area contributed by atoms with Gasteiger partial charge in [0, 0.05) is 6.61 Å². The van der Waals surface area contributed by atoms with Crippen molar-refractivity contribution in [3.05, 3.63) is 0 Å². The van der Waals surface area contributed by atoms with Crippen LogP contribution in [0.15, 0.2) is 0 Å². The molecule has 0 aliphatic heterocycles. The molecule has 0 aromatic heterocycles. The van der Waals surface area contributed by atoms with Crippen molar-refractivity contribution >= 4 is 29.7 Å². The fourth-order valence-electron chi connectivity index (χ4n) is 0.203. The maximum atomic E-state index is 10.4. The van der Waals surface area contributed by atoms with Gasteiger partial charge >= 0.3 is 0 Å². The van der Waals surface area contributed by atoms with Crippen molar-refractivity contribution in [1.29, 1.82) is 0 Å². The first-order valence-corrected chi connectivity index (χ1v) is 5.88. The quantitative estimate of drug-likeness (QED) is 0.457. The van der Waals surface area contributed by atoms with Gasteiger partial charge in [-0.15, -0.1) is 17.5 Å². The minimum absolute atomic E-state index is 0.407. The smallest absolute Gasteiger partial charge is 0.0475 e. The second kappa shape index (κ2) is 3.85. The Bertz CT molecular complexity index is 99.5. The molecule has 5 heteroatoms. The van der Waals surface area contributed by atoms with Crippen molar-refractivity contribution in [2.75, 3.05) is 6.61 Å². The first-order chi connectivity index (χ1) is 3.56. The van der Waals surface area contributed by atoms with Crippen LogP contribution in [-0.2, 0) is 28.6 Å². The van der Waals surface area contributed by atoms with Gasteiger partial charge in [0.25, 0.3) is 0 Å². The second-order valence-corrected chi connectivity index (χ2v) is 6.01. The molecular formula is C3H7O2PS2-2. The summed E-state index contributed by atoms with van der Waals surface area (Å²) < 4.78 is 4.56. The van der Waals surface area contributed by atoms with E-state index in [0.717, 1.165) is 6.42 Å². The van der Waals surface area contributed by atoms with Gasteiger partial charge in [0.05, 0.1) is 0 Å². The summed E-state index contributed by atoms with van der Waals surface area (Å²) in [6, 6.07) is 0. The van der Waals surface area contributed by atoms with Gasteiger partial charge in [-0.25, -0.2) is 0 Å². The van der Waals surface area contributed by atoms with Crippen LogP contribution >= 0.6 is 5.69 Å². The van der Waals surface area contributed by atoms with Crippen molar-refractivity contribution in [2.45, 2.75) is 13.3 Å². The first kappa shape index (κ1) is 8.92. The molecule has 0 aliphatic carbocycles. The molecule has 2 nitrogen and oxygen atoms in total. The molecule has 0 rings (SSSR count). The van der Waals surface area contributed by atoms with E-state index in [1.807, 2.05) is 6.92 Å². The number of rotatable bonds is 3. The van der Waals surface area contributed by atoms with Gasteiger partial charge in [-0.1, -0.05) is 6.92 Å². The summed E-state index contributed by atoms with van der Waals surface area (Å²) in [6.45, 7) is 2.31. The molecule has 50 valence electrons. The summed E-state index contributed by atoms with van der Waals surface area (Å²) in [6.07, 6.45) is 0.803. The lowest BCUT2D eigenvalue weighted by Gasteiger charge is -2.34. The van der Waals surface area contributed by atoms with Gasteiger partial charge in [0.2, 0.25) is 0 Å². The maximum absolute atomic E-state index is 10.4. The van der Waals surface area contributed by atoms with Crippen LogP contribution in [-0.4, -0.2) is 6.61 Å². The second-order valence-electron chi connectivity index (χ2n) is 1.28. The van der Waals surface area contributed by atoms with Crippen molar-refractivity contribution in [3.8, 4) is 0 Å². The van der Waals surface area contributed by atoms with Gasteiger partial charge in [-0.2, -0.15) is 0 Å². The molecule has 0 saturated carbocycles. The predicted molar refractivity (Wildman–Crippen MR) is 37.9 cm³/mol. The lowest BCUT2D eigenvalue weighted by atomic mass is 10.5. The van der Waals surface area contributed by atoms with Gasteiger partial charge < -0.3 is 21.7 Å². The summed E-state index contributed by atoms with van der Waals surface area (Å²) in [5.74, 6) is 0. The van der Waals surface area contributed by atoms with Crippen LogP contribution in [0.1, 0.15) is 13.3 Å². The van der Waals surface area contributed by atoms with E-state index >= 15 is 0 Å². The third kappa shape index (κ3) is 6.92. The Balaban J connectivity index is 3.26. The maximum Gasteiger partial charge on any atom is 0.0475 e. The molecule has 0 aliphatic rings. The molecule has 8 heavy (non-hydrogen) atoms. The Hall–Kier alpha value is 0.920. The zero-order chi connectivity index (χ0) is 6.62. The zero-order valence-corrected chi connectivity index (χ0v) is 7.02. The highest BCUT2D eigenvalue weighted by Gasteiger charge is 1.79. The van der Waals surface area contributed by atoms with E-state index in [4.69, 9.17) is 0 Å². The highest BCUT2D eigenvalue weighted by atomic mass is 32.9. The largest absolute Gasteiger partial charge is 0.819 e. The molecule has 0 aromatic rings. The summed E-state index contributed by atoms with van der Waals surface area (Å²) in [7, 11) is 0. The fourth-order valence-corrected chi connectivity index (χ4v) is 1.06. The summed E-state index contributed by atoms with van der Waals surface area (Å²) >= 11 is 8.60. The summed E-state index contributed by atoms with van der Waals surface area (Å²) in [4.78, 5) is 10.4. The van der Waals surface area contributed by atoms with Crippen LogP contribution in [0.3, 0.4) is 0 Å². The summed E-state index contributed by atoms with van der Waals surface area (Å²) in [5.41, 5.74) is -3.02. The molecule has 0 bridgehead atoms. The summed E-state index contributed by atoms with van der Waals surface area (Å²) in [5, 5.41) is 0. The van der Waals surface area contributed by atoms with Crippen LogP contribution in [0.2, 0.25) is 0 Å². The fraction of sp³-hybridized carbons (Fsp3) is 1.00. The van der Waals surface area contributed by atoms with Gasteiger partial charge in [-0.05, 0) is 6.42 Å². The average molecular weight is 170 g/mol. The van der Waals surface area contributed by atoms with Crippen molar-refractivity contribution in [3.63, 3.8) is 0 Å². The van der Waals surface area contributed by atoms with E-state index in [0.29, 0.717) is 6.61 Å². The minimum Gasteiger partial charge on any atom is -0.819 e. The molecular weight excluding hydrogens is 163 g/mol. The Kier molecular flexibility index (Phi) is 4.30. The third-order valence-corrected chi connectivity index (χ3v) is 1.58. The molecule has 0 amide bonds. The Morgan fingerprint density at radius 2 is 2.38 bits per heavy atom. The highest BCUT2D eigenvalue weighted by Crippen LogP contribution is 2.33. The third-order valence-electron chi connectivity index (χ3n) is 0.454. The lowest BCUT2D eigenvalue weighted by molar-refractivity contribution is -0.174. The minimum atomic E-state index is -3.02. The van der Waals surface area contributed by atoms with Crippen LogP contribution < -0.4 is 4.89 Å². The number of hydrogen-bond donors (Lipinski definition) is 0. The molecule has 0 heterocycles. The van der Waals surface area contributed by atoms with Crippen LogP contribution in [0.4, 0.5) is 0 Å². The number of hydrogen-bond acceptors (Lipinski definition) is 4. The van der Waals surface area contributed by atoms with Crippen LogP contribution in [0.25, 0.3) is 0 Å². The topological polar surface area (TPSA) is 32.3 Å². The highest BCUT2D eigenvalue weighted by molar-refractivity contribution is 8.50. The van der Waals surface area contributed by atoms with Gasteiger partial charge in [0.1, 0.15) is 0 Å². The lowest BCUT2D eigenvalue weighted by Crippen LogP contribution is -2.01. The monoisotopic (exact) mass is 170 g/mol. The van der Waals surface area contributed by atoms with E-state index in [1.165, 1.54) is 0 Å². The van der Waals surface area contributed by atoms with E-state index in [1.54, 1.807) is 0 Å². The van der Waals surface area contributed by atoms with Crippen molar-refractivity contribution < 1.29 is 9.42 Å². The van der Waals surface area contributed by atoms with Crippen molar-refractivity contribution in [1.82, 2.24) is 0 Å². The molecule has 0 radical (unpaired) electrons. The standard InChI is InChI=1S/C3H9O2PS2/c1-2-3-5-6(4,7)8/h2-3H2,1H3,(H2,4,7,8)/p-2. The predicted octanol–water partition coefficient (Wildman–Crippen LogP) is 0.545. The molecule has 0 spiro atoms. The average Bonchev–Trinajstić information content (AvgIpc) is 1.59. The van der Waals surface area contributed by atoms with Gasteiger partial charge in [0.15, 0.2) is 0 Å². The Labute approximate surface area is 59.6 Å². The van der Waals surface area contributed by atoms with E-state index in [-0.39, 0.29) is 0 Å². The normalized spacial score (nSPS) is 17.9. The molecule has 1 unspecified atom stereocenters. The zero-order valence-electron chi connectivity index (χ0n) is 4.49. The van der Waals surface area contributed by atoms with Crippen molar-refractivity contribution in [2.24, 2.45) is 0 Å². The molecule has 0 fully saturated rings. The molecule has 1 atom stereocenters. The molecule has 0 N–H and O–H groups in total. The Morgan fingerprint density at radius 1 is 1.88 bits per heavy atom. The van der Waals surface area contributed by atoms with E-state index in [9.17, 15) is 4.89 Å². The van der Waals surface area contributed by atoms with E-state index < -0.39 is 5.69 Å². The van der Waals surface area contributed by atoms with E-state index in [2.05, 4.69) is 28.6 Å². The van der Waals surface area contributed by atoms with Crippen LogP contribution in [0.5, 0.6) is 0 Å². The van der Waals surface area contributed by atoms with Gasteiger partial charge in [-0.3, -0.25) is 0 Å². The van der Waals surface area contributed by atoms with Crippen LogP contribution in [0, 0.1) is 0 Å². The Morgan fingerprint density at radius 3 is 2.50 bits per heavy atom. The SMILES string of the molecule is CCCOP([O-])(=S)[S-]. The first-order valence-electron chi connectivity index (χ1n) is 2.23. The molecule has 0 saturated heterocycles.